The summed E-state index contributed by atoms with van der Waals surface area (Å²) in [5.74, 6) is -0.282. The summed E-state index contributed by atoms with van der Waals surface area (Å²) in [6.45, 7) is 6.67. The van der Waals surface area contributed by atoms with Crippen molar-refractivity contribution >= 4 is 11.9 Å². The van der Waals surface area contributed by atoms with E-state index in [0.29, 0.717) is 45.8 Å². The third-order valence-electron chi connectivity index (χ3n) is 6.28. The van der Waals surface area contributed by atoms with Crippen molar-refractivity contribution in [3.05, 3.63) is 24.3 Å². The van der Waals surface area contributed by atoms with Gasteiger partial charge in [-0.05, 0) is 58.4 Å². The van der Waals surface area contributed by atoms with Crippen molar-refractivity contribution < 1.29 is 23.8 Å². The molecule has 0 amide bonds. The zero-order chi connectivity index (χ0) is 27.9. The molecule has 0 aliphatic rings. The molecule has 0 spiro atoms. The van der Waals surface area contributed by atoms with E-state index in [1.165, 1.54) is 44.9 Å². The Morgan fingerprint density at radius 1 is 0.684 bits per heavy atom. The second kappa shape index (κ2) is 29.9. The molecule has 0 atom stereocenters. The van der Waals surface area contributed by atoms with Gasteiger partial charge in [0.15, 0.2) is 0 Å². The Morgan fingerprint density at radius 3 is 1.97 bits per heavy atom. The molecule has 0 bridgehead atoms. The Hall–Kier alpha value is -1.70. The minimum Gasteiger partial charge on any atom is -0.466 e. The van der Waals surface area contributed by atoms with Crippen LogP contribution in [-0.4, -0.2) is 77.0 Å². The van der Waals surface area contributed by atoms with Gasteiger partial charge in [0.2, 0.25) is 0 Å². The number of rotatable bonds is 28. The van der Waals surface area contributed by atoms with Gasteiger partial charge in [0.25, 0.3) is 0 Å². The lowest BCUT2D eigenvalue weighted by atomic mass is 10.1. The monoisotopic (exact) mass is 538 g/mol. The average molecular weight is 539 g/mol. The quantitative estimate of drug-likeness (QED) is 0.0719. The summed E-state index contributed by atoms with van der Waals surface area (Å²) in [7, 11) is 3.52. The topological polar surface area (TPSA) is 77.1 Å². The summed E-state index contributed by atoms with van der Waals surface area (Å²) in [4.78, 5) is 26.1. The predicted octanol–water partition coefficient (Wildman–Crippen LogP) is 6.22. The van der Waals surface area contributed by atoms with Gasteiger partial charge in [0.1, 0.15) is 6.61 Å². The first-order valence-electron chi connectivity index (χ1n) is 15.1. The molecule has 0 saturated carbocycles. The third kappa shape index (κ3) is 27.3. The van der Waals surface area contributed by atoms with E-state index in [2.05, 4.69) is 41.4 Å². The van der Waals surface area contributed by atoms with Crippen LogP contribution in [0.4, 0.5) is 0 Å². The lowest BCUT2D eigenvalue weighted by Crippen LogP contribution is -2.30. The molecule has 7 heteroatoms. The largest absolute Gasteiger partial charge is 0.466 e. The molecule has 222 valence electrons. The molecule has 7 nitrogen and oxygen atoms in total. The molecular weight excluding hydrogens is 480 g/mol. The Balaban J connectivity index is 3.76. The number of carbonyl (C=O) groups excluding carboxylic acids is 2. The summed E-state index contributed by atoms with van der Waals surface area (Å²) in [5.41, 5.74) is 0. The number of ether oxygens (including phenoxy) is 3. The molecule has 0 rings (SSSR count). The zero-order valence-corrected chi connectivity index (χ0v) is 24.9. The van der Waals surface area contributed by atoms with E-state index in [0.717, 1.165) is 51.6 Å². The molecule has 0 aromatic heterocycles. The van der Waals surface area contributed by atoms with Crippen molar-refractivity contribution in [1.82, 2.24) is 10.2 Å². The number of methoxy groups -OCH3 is 1. The lowest BCUT2D eigenvalue weighted by Gasteiger charge is -2.21. The summed E-state index contributed by atoms with van der Waals surface area (Å²) in [6, 6.07) is 0. The molecule has 0 radical (unpaired) electrons. The standard InChI is InChI=1S/C31H58N2O5/c1-4-5-6-7-8-9-10-11-12-13-14-15-16-17-18-21-30(34)37-28-20-25-33(24-19-27-36-3)26-22-31(35)38-29-23-32-2/h8-9,11-12,32H,4-7,10,13-29H2,1-3H3/b9-8-,12-11-. The average Bonchev–Trinajstić information content (AvgIpc) is 2.91. The van der Waals surface area contributed by atoms with Crippen molar-refractivity contribution in [2.45, 2.75) is 103 Å². The van der Waals surface area contributed by atoms with Crippen molar-refractivity contribution in [2.75, 3.05) is 60.2 Å². The maximum atomic E-state index is 12.0. The van der Waals surface area contributed by atoms with E-state index in [9.17, 15) is 9.59 Å². The van der Waals surface area contributed by atoms with Gasteiger partial charge in [-0.25, -0.2) is 0 Å². The SMILES string of the molecule is CCCCC/C=C\C/C=C\CCCCCCCC(=O)OCCCN(CCCOC)CCC(=O)OCCNC. The number of unbranched alkanes of at least 4 members (excludes halogenated alkanes) is 8. The third-order valence-corrected chi connectivity index (χ3v) is 6.28. The summed E-state index contributed by atoms with van der Waals surface area (Å²) in [5, 5.41) is 2.96. The molecule has 0 fully saturated rings. The first kappa shape index (κ1) is 36.3. The van der Waals surface area contributed by atoms with Crippen LogP contribution < -0.4 is 5.32 Å². The van der Waals surface area contributed by atoms with Crippen LogP contribution in [0, 0.1) is 0 Å². The van der Waals surface area contributed by atoms with Gasteiger partial charge >= 0.3 is 11.9 Å². The number of nitrogens with one attached hydrogen (secondary N) is 1. The van der Waals surface area contributed by atoms with Gasteiger partial charge in [-0.15, -0.1) is 0 Å². The Morgan fingerprint density at radius 2 is 1.29 bits per heavy atom. The molecule has 38 heavy (non-hydrogen) atoms. The Labute approximate surface area is 233 Å². The number of hydrogen-bond donors (Lipinski definition) is 1. The second-order valence-corrected chi connectivity index (χ2v) is 9.82. The Kier molecular flexibility index (Phi) is 28.5. The smallest absolute Gasteiger partial charge is 0.307 e. The van der Waals surface area contributed by atoms with Gasteiger partial charge in [-0.1, -0.05) is 63.3 Å². The minimum atomic E-state index is -0.180. The van der Waals surface area contributed by atoms with Gasteiger partial charge in [-0.2, -0.15) is 0 Å². The molecule has 0 aromatic carbocycles. The maximum Gasteiger partial charge on any atom is 0.307 e. The Bertz CT molecular complexity index is 595. The first-order valence-corrected chi connectivity index (χ1v) is 15.1. The fourth-order valence-electron chi connectivity index (χ4n) is 3.98. The van der Waals surface area contributed by atoms with Gasteiger partial charge in [0, 0.05) is 46.3 Å². The van der Waals surface area contributed by atoms with Crippen LogP contribution in [0.1, 0.15) is 103 Å². The van der Waals surface area contributed by atoms with Crippen LogP contribution in [0.2, 0.25) is 0 Å². The summed E-state index contributed by atoms with van der Waals surface area (Å²) < 4.78 is 15.8. The number of esters is 2. The van der Waals surface area contributed by atoms with Gasteiger partial charge < -0.3 is 24.4 Å². The minimum absolute atomic E-state index is 0.102. The van der Waals surface area contributed by atoms with Crippen molar-refractivity contribution in [1.29, 1.82) is 0 Å². The van der Waals surface area contributed by atoms with E-state index in [1.807, 2.05) is 7.05 Å². The van der Waals surface area contributed by atoms with Crippen molar-refractivity contribution in [3.63, 3.8) is 0 Å². The number of hydrogen-bond acceptors (Lipinski definition) is 7. The molecule has 0 aliphatic carbocycles. The maximum absolute atomic E-state index is 12.0. The molecular formula is C31H58N2O5. The van der Waals surface area contributed by atoms with Crippen LogP contribution >= 0.6 is 0 Å². The van der Waals surface area contributed by atoms with E-state index in [-0.39, 0.29) is 11.9 Å². The fraction of sp³-hybridized carbons (Fsp3) is 0.806. The highest BCUT2D eigenvalue weighted by atomic mass is 16.5. The van der Waals surface area contributed by atoms with Crippen molar-refractivity contribution in [2.24, 2.45) is 0 Å². The second-order valence-electron chi connectivity index (χ2n) is 9.82. The van der Waals surface area contributed by atoms with Crippen LogP contribution in [0.25, 0.3) is 0 Å². The highest BCUT2D eigenvalue weighted by Crippen LogP contribution is 2.09. The van der Waals surface area contributed by atoms with E-state index in [4.69, 9.17) is 14.2 Å². The van der Waals surface area contributed by atoms with E-state index >= 15 is 0 Å². The summed E-state index contributed by atoms with van der Waals surface area (Å²) >= 11 is 0. The molecule has 1 N–H and O–H groups in total. The highest BCUT2D eigenvalue weighted by Gasteiger charge is 2.10. The van der Waals surface area contributed by atoms with Crippen LogP contribution in [0.15, 0.2) is 24.3 Å². The van der Waals surface area contributed by atoms with Gasteiger partial charge in [-0.3, -0.25) is 9.59 Å². The van der Waals surface area contributed by atoms with Crippen molar-refractivity contribution in [3.8, 4) is 0 Å². The van der Waals surface area contributed by atoms with Crippen LogP contribution in [-0.2, 0) is 23.8 Å². The number of allylic oxidation sites excluding steroid dienone is 4. The van der Waals surface area contributed by atoms with E-state index < -0.39 is 0 Å². The molecule has 0 saturated heterocycles. The predicted molar refractivity (Wildman–Crippen MR) is 157 cm³/mol. The summed E-state index contributed by atoms with van der Waals surface area (Å²) in [6.07, 6.45) is 24.6. The molecule has 0 unspecified atom stereocenters. The van der Waals surface area contributed by atoms with Gasteiger partial charge in [0.05, 0.1) is 13.0 Å². The highest BCUT2D eigenvalue weighted by molar-refractivity contribution is 5.69. The molecule has 0 aliphatic heterocycles. The zero-order valence-electron chi connectivity index (χ0n) is 24.9. The fourth-order valence-corrected chi connectivity index (χ4v) is 3.98. The lowest BCUT2D eigenvalue weighted by molar-refractivity contribution is -0.144. The molecule has 0 aromatic rings. The number of carbonyl (C=O) groups is 2. The first-order chi connectivity index (χ1) is 18.6. The van der Waals surface area contributed by atoms with Crippen LogP contribution in [0.5, 0.6) is 0 Å². The number of likely N-dealkylation sites (N-methyl/N-ethyl adjacent to an activating group) is 1. The van der Waals surface area contributed by atoms with Crippen LogP contribution in [0.3, 0.4) is 0 Å². The molecule has 0 heterocycles. The van der Waals surface area contributed by atoms with E-state index in [1.54, 1.807) is 7.11 Å². The normalized spacial score (nSPS) is 11.7. The number of nitrogens with zero attached hydrogens (tertiary/aromatic N) is 1.